The molecular formula is C20H17FN4O4S. The number of aliphatic hydroxyl groups is 1. The van der Waals surface area contributed by atoms with Crippen molar-refractivity contribution < 1.29 is 23.4 Å². The maximum atomic E-state index is 15.2. The first-order chi connectivity index (χ1) is 14.1. The molecule has 0 bridgehead atoms. The summed E-state index contributed by atoms with van der Waals surface area (Å²) in [7, 11) is 0. The minimum atomic E-state index is -1.84. The van der Waals surface area contributed by atoms with E-state index in [0.29, 0.717) is 22.8 Å². The van der Waals surface area contributed by atoms with Crippen LogP contribution in [0.2, 0.25) is 0 Å². The van der Waals surface area contributed by atoms with E-state index < -0.39 is 17.2 Å². The van der Waals surface area contributed by atoms with Crippen LogP contribution in [0, 0.1) is 18.8 Å². The van der Waals surface area contributed by atoms with Gasteiger partial charge in [0.05, 0.1) is 10.6 Å². The summed E-state index contributed by atoms with van der Waals surface area (Å²) in [6.07, 6.45) is 0. The van der Waals surface area contributed by atoms with Crippen LogP contribution in [0.3, 0.4) is 0 Å². The number of halogens is 1. The summed E-state index contributed by atoms with van der Waals surface area (Å²) in [5, 5.41) is 18.0. The lowest BCUT2D eigenvalue weighted by Gasteiger charge is -2.16. The van der Waals surface area contributed by atoms with Gasteiger partial charge >= 0.3 is 0 Å². The van der Waals surface area contributed by atoms with Crippen molar-refractivity contribution in [2.75, 3.05) is 6.61 Å². The Labute approximate surface area is 174 Å². The van der Waals surface area contributed by atoms with Gasteiger partial charge in [-0.1, -0.05) is 11.8 Å². The van der Waals surface area contributed by atoms with Gasteiger partial charge < -0.3 is 20.0 Å². The molecule has 8 nitrogen and oxygen atoms in total. The van der Waals surface area contributed by atoms with Crippen molar-refractivity contribution in [2.24, 2.45) is 5.73 Å². The topological polar surface area (TPSA) is 124 Å². The lowest BCUT2D eigenvalue weighted by Crippen LogP contribution is -2.22. The fourth-order valence-electron chi connectivity index (χ4n) is 2.90. The van der Waals surface area contributed by atoms with Crippen molar-refractivity contribution in [1.82, 2.24) is 15.2 Å². The maximum absolute atomic E-state index is 15.2. The summed E-state index contributed by atoms with van der Waals surface area (Å²) >= 11 is 0.906. The minimum Gasteiger partial charge on any atom is -0.489 e. The van der Waals surface area contributed by atoms with E-state index in [4.69, 9.17) is 14.9 Å². The normalized spacial score (nSPS) is 19.4. The largest absolute Gasteiger partial charge is 0.489 e. The van der Waals surface area contributed by atoms with Gasteiger partial charge in [-0.15, -0.1) is 21.5 Å². The van der Waals surface area contributed by atoms with Crippen molar-refractivity contribution in [3.05, 3.63) is 45.4 Å². The van der Waals surface area contributed by atoms with Gasteiger partial charge in [-0.2, -0.15) is 0 Å². The second kappa shape index (κ2) is 6.90. The highest BCUT2D eigenvalue weighted by Gasteiger charge is 2.38. The molecule has 1 amide bonds. The number of nitrogens with zero attached hydrogens (tertiary/aromatic N) is 3. The number of hydrogen-bond donors (Lipinski definition) is 2. The van der Waals surface area contributed by atoms with Crippen LogP contribution in [0.25, 0.3) is 11.3 Å². The molecule has 1 aromatic carbocycles. The SMILES string of the molecule is Cc1nnc(C(C)(O)C#Cc2ccc3c(c2)-c2nc(C(N)=O)sc2C(C)(F)CO3)o1. The van der Waals surface area contributed by atoms with Gasteiger partial charge in [-0.05, 0) is 32.0 Å². The molecule has 3 aromatic rings. The van der Waals surface area contributed by atoms with Gasteiger partial charge in [0.2, 0.25) is 11.5 Å². The molecule has 4 rings (SSSR count). The Balaban J connectivity index is 1.78. The Bertz CT molecular complexity index is 1220. The molecule has 3 heterocycles. The summed E-state index contributed by atoms with van der Waals surface area (Å²) in [6.45, 7) is 4.18. The zero-order valence-corrected chi connectivity index (χ0v) is 17.1. The lowest BCUT2D eigenvalue weighted by atomic mass is 10.0. The molecule has 2 unspecified atom stereocenters. The molecule has 154 valence electrons. The van der Waals surface area contributed by atoms with E-state index in [0.717, 1.165) is 11.3 Å². The molecule has 1 aliphatic rings. The molecule has 0 saturated carbocycles. The number of carbonyl (C=O) groups excluding carboxylic acids is 1. The minimum absolute atomic E-state index is 0.0166. The fraction of sp³-hybridized carbons (Fsp3) is 0.300. The first-order valence-corrected chi connectivity index (χ1v) is 9.72. The van der Waals surface area contributed by atoms with Gasteiger partial charge in [-0.25, -0.2) is 9.37 Å². The summed E-state index contributed by atoms with van der Waals surface area (Å²) in [4.78, 5) is 16.1. The lowest BCUT2D eigenvalue weighted by molar-refractivity contribution is 0.0881. The van der Waals surface area contributed by atoms with Crippen molar-refractivity contribution in [3.63, 3.8) is 0 Å². The molecule has 30 heavy (non-hydrogen) atoms. The third kappa shape index (κ3) is 3.53. The van der Waals surface area contributed by atoms with Gasteiger partial charge in [-0.3, -0.25) is 4.79 Å². The molecule has 0 spiro atoms. The number of carbonyl (C=O) groups is 1. The highest BCUT2D eigenvalue weighted by Crippen LogP contribution is 2.45. The number of amides is 1. The number of aryl methyl sites for hydroxylation is 1. The molecule has 3 N–H and O–H groups in total. The Morgan fingerprint density at radius 1 is 1.43 bits per heavy atom. The van der Waals surface area contributed by atoms with Crippen LogP contribution >= 0.6 is 11.3 Å². The average Bonchev–Trinajstić information content (AvgIpc) is 3.30. The number of rotatable bonds is 2. The van der Waals surface area contributed by atoms with Crippen molar-refractivity contribution >= 4 is 17.2 Å². The molecule has 2 aromatic heterocycles. The number of ether oxygens (including phenoxy) is 1. The Hall–Kier alpha value is -3.29. The second-order valence-electron chi connectivity index (χ2n) is 7.21. The van der Waals surface area contributed by atoms with Gasteiger partial charge in [0.1, 0.15) is 12.4 Å². The van der Waals surface area contributed by atoms with Gasteiger partial charge in [0.25, 0.3) is 11.8 Å². The predicted molar refractivity (Wildman–Crippen MR) is 106 cm³/mol. The van der Waals surface area contributed by atoms with Crippen LogP contribution in [-0.2, 0) is 11.3 Å². The van der Waals surface area contributed by atoms with E-state index in [1.165, 1.54) is 13.8 Å². The first-order valence-electron chi connectivity index (χ1n) is 8.90. The molecule has 10 heteroatoms. The maximum Gasteiger partial charge on any atom is 0.277 e. The van der Waals surface area contributed by atoms with E-state index in [2.05, 4.69) is 27.0 Å². The molecular weight excluding hydrogens is 411 g/mol. The summed E-state index contributed by atoms with van der Waals surface area (Å²) in [5.74, 6) is 5.51. The number of thiazole rings is 1. The average molecular weight is 428 g/mol. The number of nitrogens with two attached hydrogens (primary N) is 1. The first kappa shape index (κ1) is 20.0. The zero-order chi connectivity index (χ0) is 21.7. The van der Waals surface area contributed by atoms with Crippen molar-refractivity contribution in [3.8, 4) is 28.8 Å². The van der Waals surface area contributed by atoms with E-state index in [1.54, 1.807) is 25.1 Å². The van der Waals surface area contributed by atoms with E-state index in [1.807, 2.05) is 0 Å². The number of hydrogen-bond acceptors (Lipinski definition) is 8. The predicted octanol–water partition coefficient (Wildman–Crippen LogP) is 2.44. The number of aromatic nitrogens is 3. The highest BCUT2D eigenvalue weighted by molar-refractivity contribution is 7.14. The highest BCUT2D eigenvalue weighted by atomic mass is 32.1. The molecule has 0 radical (unpaired) electrons. The third-order valence-corrected chi connectivity index (χ3v) is 5.75. The number of primary amides is 1. The molecule has 0 saturated heterocycles. The van der Waals surface area contributed by atoms with Crippen LogP contribution in [-0.4, -0.2) is 32.8 Å². The van der Waals surface area contributed by atoms with Crippen LogP contribution < -0.4 is 10.5 Å². The van der Waals surface area contributed by atoms with Crippen LogP contribution in [0.1, 0.15) is 45.9 Å². The summed E-state index contributed by atoms with van der Waals surface area (Å²) in [5.41, 5.74) is 3.12. The summed E-state index contributed by atoms with van der Waals surface area (Å²) in [6, 6.07) is 4.96. The zero-order valence-electron chi connectivity index (χ0n) is 16.3. The molecule has 0 aliphatic carbocycles. The smallest absolute Gasteiger partial charge is 0.277 e. The summed E-state index contributed by atoms with van der Waals surface area (Å²) < 4.78 is 26.0. The van der Waals surface area contributed by atoms with Crippen LogP contribution in [0.15, 0.2) is 22.6 Å². The Kier molecular flexibility index (Phi) is 4.60. The Morgan fingerprint density at radius 2 is 2.20 bits per heavy atom. The number of alkyl halides is 1. The van der Waals surface area contributed by atoms with Crippen LogP contribution in [0.5, 0.6) is 5.75 Å². The van der Waals surface area contributed by atoms with Crippen molar-refractivity contribution in [2.45, 2.75) is 32.0 Å². The Morgan fingerprint density at radius 3 is 2.87 bits per heavy atom. The number of benzene rings is 1. The van der Waals surface area contributed by atoms with E-state index in [-0.39, 0.29) is 28.1 Å². The quantitative estimate of drug-likeness (QED) is 0.601. The van der Waals surface area contributed by atoms with E-state index in [9.17, 15) is 9.90 Å². The monoisotopic (exact) mass is 428 g/mol. The van der Waals surface area contributed by atoms with Crippen LogP contribution in [0.4, 0.5) is 4.39 Å². The number of fused-ring (bicyclic) bond motifs is 3. The van der Waals surface area contributed by atoms with Gasteiger partial charge in [0.15, 0.2) is 10.7 Å². The molecule has 0 fully saturated rings. The third-order valence-electron chi connectivity index (χ3n) is 4.44. The van der Waals surface area contributed by atoms with E-state index >= 15 is 4.39 Å². The standard InChI is InChI=1S/C20H17FN4O4S/c1-10-24-25-18(29-10)20(3,27)7-6-11-4-5-13-12(8-11)14-15(19(2,21)9-28-13)30-17(23-14)16(22)26/h4-5,8,27H,9H2,1-3H3,(H2,22,26). The van der Waals surface area contributed by atoms with Gasteiger partial charge in [0, 0.05) is 18.1 Å². The molecule has 1 aliphatic heterocycles. The van der Waals surface area contributed by atoms with Crippen molar-refractivity contribution in [1.29, 1.82) is 0 Å². The molecule has 2 atom stereocenters. The second-order valence-corrected chi connectivity index (χ2v) is 8.21. The fourth-order valence-corrected chi connectivity index (χ4v) is 3.85.